The number of rotatable bonds is 10. The summed E-state index contributed by atoms with van der Waals surface area (Å²) in [6.07, 6.45) is 4.25. The normalized spacial score (nSPS) is 11.1. The van der Waals surface area contributed by atoms with Gasteiger partial charge >= 0.3 is 0 Å². The van der Waals surface area contributed by atoms with Crippen molar-refractivity contribution in [2.24, 2.45) is 0 Å². The summed E-state index contributed by atoms with van der Waals surface area (Å²) in [5.41, 5.74) is 7.16. The largest absolute Gasteiger partial charge is 0.296 e. The lowest BCUT2D eigenvalue weighted by Gasteiger charge is -2.16. The Kier molecular flexibility index (Phi) is 7.83. The van der Waals surface area contributed by atoms with E-state index in [2.05, 4.69) is 70.0 Å². The first kappa shape index (κ1) is 25.3. The maximum atomic E-state index is 13.8. The molecular formula is C31H32N6O. The lowest BCUT2D eigenvalue weighted by atomic mass is 9.96. The fraction of sp³-hybridized carbons (Fsp3) is 0.258. The van der Waals surface area contributed by atoms with Crippen molar-refractivity contribution in [3.8, 4) is 22.5 Å². The van der Waals surface area contributed by atoms with Crippen molar-refractivity contribution < 1.29 is 0 Å². The third-order valence-electron chi connectivity index (χ3n) is 6.95. The van der Waals surface area contributed by atoms with Gasteiger partial charge in [-0.15, -0.1) is 5.10 Å². The third-order valence-corrected chi connectivity index (χ3v) is 6.95. The maximum Gasteiger partial charge on any atom is 0.257 e. The Bertz CT molecular complexity index is 1540. The minimum Gasteiger partial charge on any atom is -0.296 e. The topological polar surface area (TPSA) is 89.3 Å². The molecule has 3 aromatic carbocycles. The number of aromatic nitrogens is 6. The summed E-state index contributed by atoms with van der Waals surface area (Å²) in [6, 6.07) is 26.7. The highest BCUT2D eigenvalue weighted by Crippen LogP contribution is 2.30. The fourth-order valence-corrected chi connectivity index (χ4v) is 4.85. The van der Waals surface area contributed by atoms with Crippen molar-refractivity contribution in [1.82, 2.24) is 30.2 Å². The van der Waals surface area contributed by atoms with Gasteiger partial charge in [0, 0.05) is 24.1 Å². The van der Waals surface area contributed by atoms with Crippen molar-refractivity contribution >= 4 is 0 Å². The Morgan fingerprint density at radius 1 is 0.842 bits per heavy atom. The Hall–Kier alpha value is -4.39. The van der Waals surface area contributed by atoms with Crippen LogP contribution in [0, 0.1) is 6.92 Å². The second kappa shape index (κ2) is 11.8. The number of aromatic amines is 1. The van der Waals surface area contributed by atoms with Crippen molar-refractivity contribution in [1.29, 1.82) is 0 Å². The molecule has 0 spiro atoms. The average Bonchev–Trinajstić information content (AvgIpc) is 3.49. The second-order valence-corrected chi connectivity index (χ2v) is 9.55. The molecule has 2 aromatic heterocycles. The van der Waals surface area contributed by atoms with E-state index in [9.17, 15) is 4.79 Å². The summed E-state index contributed by atoms with van der Waals surface area (Å²) in [7, 11) is 0. The van der Waals surface area contributed by atoms with Crippen LogP contribution in [0.4, 0.5) is 0 Å². The number of hydrogen-bond donors (Lipinski definition) is 1. The third kappa shape index (κ3) is 5.62. The molecule has 0 bridgehead atoms. The number of unbranched alkanes of at least 4 members (excludes halogenated alkanes) is 1. The first-order chi connectivity index (χ1) is 18.6. The Balaban J connectivity index is 1.44. The van der Waals surface area contributed by atoms with E-state index in [0.717, 1.165) is 65.0 Å². The Morgan fingerprint density at radius 3 is 2.29 bits per heavy atom. The minimum atomic E-state index is 0.0757. The lowest BCUT2D eigenvalue weighted by Crippen LogP contribution is -2.30. The van der Waals surface area contributed by atoms with Crippen LogP contribution in [0.3, 0.4) is 0 Å². The molecule has 7 heteroatoms. The highest BCUT2D eigenvalue weighted by Gasteiger charge is 2.16. The SMILES string of the molecule is CCCCc1nc(C)n(CCc2ccccc2)c(=O)c1Cc1ccc(-c2ccccc2-c2nnn[nH]2)cc1. The van der Waals surface area contributed by atoms with Crippen LogP contribution in [-0.4, -0.2) is 30.2 Å². The molecule has 2 heterocycles. The van der Waals surface area contributed by atoms with Crippen LogP contribution in [0.25, 0.3) is 22.5 Å². The van der Waals surface area contributed by atoms with E-state index in [0.29, 0.717) is 18.8 Å². The first-order valence-electron chi connectivity index (χ1n) is 13.2. The van der Waals surface area contributed by atoms with Crippen molar-refractivity contribution in [2.45, 2.75) is 52.5 Å². The smallest absolute Gasteiger partial charge is 0.257 e. The summed E-state index contributed by atoms with van der Waals surface area (Å²) >= 11 is 0. The van der Waals surface area contributed by atoms with Gasteiger partial charge in [-0.3, -0.25) is 9.36 Å². The van der Waals surface area contributed by atoms with Gasteiger partial charge in [-0.2, -0.15) is 0 Å². The van der Waals surface area contributed by atoms with Crippen LogP contribution in [0.5, 0.6) is 0 Å². The van der Waals surface area contributed by atoms with Gasteiger partial charge in [0.05, 0.1) is 5.69 Å². The average molecular weight is 505 g/mol. The quantitative estimate of drug-likeness (QED) is 0.268. The van der Waals surface area contributed by atoms with E-state index in [1.807, 2.05) is 47.9 Å². The number of H-pyrrole nitrogens is 1. The molecule has 0 radical (unpaired) electrons. The van der Waals surface area contributed by atoms with Gasteiger partial charge in [0.1, 0.15) is 5.82 Å². The number of tetrazole rings is 1. The Morgan fingerprint density at radius 2 is 1.58 bits per heavy atom. The Labute approximate surface area is 222 Å². The molecule has 0 aliphatic rings. The van der Waals surface area contributed by atoms with E-state index in [1.54, 1.807) is 0 Å². The zero-order valence-corrected chi connectivity index (χ0v) is 21.9. The van der Waals surface area contributed by atoms with Gasteiger partial charge in [-0.05, 0) is 58.9 Å². The minimum absolute atomic E-state index is 0.0757. The predicted octanol–water partition coefficient (Wildman–Crippen LogP) is 5.57. The zero-order valence-electron chi connectivity index (χ0n) is 21.9. The van der Waals surface area contributed by atoms with E-state index in [-0.39, 0.29) is 5.56 Å². The summed E-state index contributed by atoms with van der Waals surface area (Å²) < 4.78 is 1.84. The van der Waals surface area contributed by atoms with Crippen LogP contribution >= 0.6 is 0 Å². The highest BCUT2D eigenvalue weighted by molar-refractivity contribution is 5.80. The highest BCUT2D eigenvalue weighted by atomic mass is 16.1. The summed E-state index contributed by atoms with van der Waals surface area (Å²) in [4.78, 5) is 18.7. The number of aryl methyl sites for hydroxylation is 3. The van der Waals surface area contributed by atoms with Crippen LogP contribution in [-0.2, 0) is 25.8 Å². The summed E-state index contributed by atoms with van der Waals surface area (Å²) in [5.74, 6) is 1.42. The van der Waals surface area contributed by atoms with Crippen LogP contribution < -0.4 is 5.56 Å². The molecule has 0 unspecified atom stereocenters. The molecule has 5 rings (SSSR count). The molecule has 0 amide bonds. The van der Waals surface area contributed by atoms with Crippen LogP contribution in [0.2, 0.25) is 0 Å². The molecule has 0 aliphatic heterocycles. The summed E-state index contributed by atoms with van der Waals surface area (Å²) in [6.45, 7) is 4.73. The molecule has 38 heavy (non-hydrogen) atoms. The van der Waals surface area contributed by atoms with Crippen molar-refractivity contribution in [3.63, 3.8) is 0 Å². The maximum absolute atomic E-state index is 13.8. The van der Waals surface area contributed by atoms with E-state index in [1.165, 1.54) is 5.56 Å². The molecule has 1 N–H and O–H groups in total. The number of benzene rings is 3. The predicted molar refractivity (Wildman–Crippen MR) is 150 cm³/mol. The number of hydrogen-bond acceptors (Lipinski definition) is 5. The molecular weight excluding hydrogens is 472 g/mol. The monoisotopic (exact) mass is 504 g/mol. The lowest BCUT2D eigenvalue weighted by molar-refractivity contribution is 0.610. The standard InChI is InChI=1S/C31H32N6O/c1-3-4-14-29-28(31(38)37(22(2)32-29)20-19-23-10-6-5-7-11-23)21-24-15-17-25(18-16-24)26-12-8-9-13-27(26)30-33-35-36-34-30/h5-13,15-18H,3-4,14,19-21H2,1-2H3,(H,33,34,35,36). The second-order valence-electron chi connectivity index (χ2n) is 9.55. The van der Waals surface area contributed by atoms with Crippen LogP contribution in [0.15, 0.2) is 83.7 Å². The summed E-state index contributed by atoms with van der Waals surface area (Å²) in [5, 5.41) is 14.4. The van der Waals surface area contributed by atoms with E-state index in [4.69, 9.17) is 4.98 Å². The van der Waals surface area contributed by atoms with Crippen LogP contribution in [0.1, 0.15) is 48.0 Å². The van der Waals surface area contributed by atoms with Crippen molar-refractivity contribution in [3.05, 3.63) is 117 Å². The fourth-order valence-electron chi connectivity index (χ4n) is 4.85. The zero-order chi connectivity index (χ0) is 26.3. The first-order valence-corrected chi connectivity index (χ1v) is 13.2. The van der Waals surface area contributed by atoms with Crippen molar-refractivity contribution in [2.75, 3.05) is 0 Å². The molecule has 7 nitrogen and oxygen atoms in total. The molecule has 0 saturated heterocycles. The van der Waals surface area contributed by atoms with E-state index >= 15 is 0 Å². The molecule has 192 valence electrons. The molecule has 0 fully saturated rings. The van der Waals surface area contributed by atoms with Gasteiger partial charge in [-0.1, -0.05) is 92.2 Å². The number of nitrogens with zero attached hydrogens (tertiary/aromatic N) is 5. The van der Waals surface area contributed by atoms with Gasteiger partial charge in [-0.25, -0.2) is 10.1 Å². The molecule has 0 aliphatic carbocycles. The van der Waals surface area contributed by atoms with Gasteiger partial charge in [0.25, 0.3) is 5.56 Å². The van der Waals surface area contributed by atoms with E-state index < -0.39 is 0 Å². The molecule has 0 saturated carbocycles. The molecule has 5 aromatic rings. The van der Waals surface area contributed by atoms with Gasteiger partial charge in [0.2, 0.25) is 0 Å². The van der Waals surface area contributed by atoms with Gasteiger partial charge in [0.15, 0.2) is 5.82 Å². The van der Waals surface area contributed by atoms with Gasteiger partial charge < -0.3 is 0 Å². The molecule has 0 atom stereocenters. The number of nitrogens with one attached hydrogen (secondary N) is 1.